The van der Waals surface area contributed by atoms with Crippen LogP contribution < -0.4 is 0 Å². The van der Waals surface area contributed by atoms with Gasteiger partial charge in [0.25, 0.3) is 0 Å². The standard InChI is InChI=1S/C12H20O3/c1-5-12(4,14)9-7-8-10(3)11(13)15-6-2/h5,8,14H,1,6-7,9H2,2-4H3/b10-8+/t12-/m1/s1. The summed E-state index contributed by atoms with van der Waals surface area (Å²) in [7, 11) is 0. The topological polar surface area (TPSA) is 46.5 Å². The van der Waals surface area contributed by atoms with Crippen molar-refractivity contribution in [3.05, 3.63) is 24.3 Å². The van der Waals surface area contributed by atoms with E-state index in [0.29, 0.717) is 25.0 Å². The minimum atomic E-state index is -0.870. The summed E-state index contributed by atoms with van der Waals surface area (Å²) in [6, 6.07) is 0. The van der Waals surface area contributed by atoms with E-state index in [9.17, 15) is 9.90 Å². The van der Waals surface area contributed by atoms with E-state index in [1.54, 1.807) is 26.8 Å². The summed E-state index contributed by atoms with van der Waals surface area (Å²) < 4.78 is 4.82. The van der Waals surface area contributed by atoms with Crippen LogP contribution in [0.25, 0.3) is 0 Å². The van der Waals surface area contributed by atoms with E-state index in [1.807, 2.05) is 0 Å². The van der Waals surface area contributed by atoms with Crippen LogP contribution in [-0.4, -0.2) is 23.3 Å². The van der Waals surface area contributed by atoms with E-state index in [-0.39, 0.29) is 5.97 Å². The van der Waals surface area contributed by atoms with Crippen molar-refractivity contribution in [3.63, 3.8) is 0 Å². The lowest BCUT2D eigenvalue weighted by molar-refractivity contribution is -0.138. The maximum atomic E-state index is 11.2. The Bertz CT molecular complexity index is 252. The predicted molar refractivity (Wildman–Crippen MR) is 60.4 cm³/mol. The van der Waals surface area contributed by atoms with Gasteiger partial charge in [0.2, 0.25) is 0 Å². The number of hydrogen-bond donors (Lipinski definition) is 1. The summed E-state index contributed by atoms with van der Waals surface area (Å²) in [5.41, 5.74) is -0.289. The SMILES string of the molecule is C=C[C@@](C)(O)CC/C=C(\C)C(=O)OCC. The first-order valence-corrected chi connectivity index (χ1v) is 5.13. The van der Waals surface area contributed by atoms with Gasteiger partial charge in [0.05, 0.1) is 12.2 Å². The van der Waals surface area contributed by atoms with Gasteiger partial charge < -0.3 is 9.84 Å². The van der Waals surface area contributed by atoms with Gasteiger partial charge in [-0.3, -0.25) is 0 Å². The molecule has 0 unspecified atom stereocenters. The van der Waals surface area contributed by atoms with Crippen molar-refractivity contribution in [2.45, 2.75) is 39.2 Å². The molecule has 86 valence electrons. The highest BCUT2D eigenvalue weighted by molar-refractivity contribution is 5.87. The molecule has 0 bridgehead atoms. The Kier molecular flexibility index (Phi) is 5.94. The van der Waals surface area contributed by atoms with Crippen LogP contribution in [0.3, 0.4) is 0 Å². The molecule has 0 heterocycles. The van der Waals surface area contributed by atoms with E-state index in [0.717, 1.165) is 0 Å². The maximum absolute atomic E-state index is 11.2. The van der Waals surface area contributed by atoms with Gasteiger partial charge in [-0.25, -0.2) is 4.79 Å². The summed E-state index contributed by atoms with van der Waals surface area (Å²) in [6.45, 7) is 9.08. The first kappa shape index (κ1) is 13.9. The van der Waals surface area contributed by atoms with E-state index in [2.05, 4.69) is 6.58 Å². The summed E-state index contributed by atoms with van der Waals surface area (Å²) in [5.74, 6) is -0.296. The molecule has 0 spiro atoms. The molecule has 0 radical (unpaired) electrons. The number of carbonyl (C=O) groups excluding carboxylic acids is 1. The van der Waals surface area contributed by atoms with Crippen molar-refractivity contribution in [1.82, 2.24) is 0 Å². The van der Waals surface area contributed by atoms with Crippen LogP contribution in [0, 0.1) is 0 Å². The molecule has 15 heavy (non-hydrogen) atoms. The number of allylic oxidation sites excluding steroid dienone is 1. The fourth-order valence-electron chi connectivity index (χ4n) is 1.01. The fourth-order valence-corrected chi connectivity index (χ4v) is 1.01. The summed E-state index contributed by atoms with van der Waals surface area (Å²) >= 11 is 0. The number of esters is 1. The van der Waals surface area contributed by atoms with Crippen LogP contribution in [0.2, 0.25) is 0 Å². The van der Waals surface area contributed by atoms with Crippen molar-refractivity contribution < 1.29 is 14.6 Å². The second-order valence-electron chi connectivity index (χ2n) is 3.71. The van der Waals surface area contributed by atoms with E-state index < -0.39 is 5.60 Å². The molecule has 0 saturated carbocycles. The second-order valence-corrected chi connectivity index (χ2v) is 3.71. The number of carbonyl (C=O) groups is 1. The molecule has 0 aliphatic carbocycles. The highest BCUT2D eigenvalue weighted by Crippen LogP contribution is 2.14. The van der Waals surface area contributed by atoms with Crippen LogP contribution in [0.15, 0.2) is 24.3 Å². The van der Waals surface area contributed by atoms with Crippen LogP contribution in [0.4, 0.5) is 0 Å². The highest BCUT2D eigenvalue weighted by Gasteiger charge is 2.13. The molecule has 0 aliphatic rings. The van der Waals surface area contributed by atoms with Gasteiger partial charge in [-0.15, -0.1) is 6.58 Å². The van der Waals surface area contributed by atoms with E-state index in [1.165, 1.54) is 6.08 Å². The van der Waals surface area contributed by atoms with Gasteiger partial charge in [-0.1, -0.05) is 12.2 Å². The molecular formula is C12H20O3. The van der Waals surface area contributed by atoms with E-state index in [4.69, 9.17) is 4.74 Å². The Labute approximate surface area is 91.4 Å². The van der Waals surface area contributed by atoms with Crippen molar-refractivity contribution in [2.75, 3.05) is 6.61 Å². The monoisotopic (exact) mass is 212 g/mol. The van der Waals surface area contributed by atoms with Crippen molar-refractivity contribution in [3.8, 4) is 0 Å². The molecule has 0 aromatic heterocycles. The fraction of sp³-hybridized carbons (Fsp3) is 0.583. The molecule has 0 aromatic carbocycles. The Morgan fingerprint density at radius 2 is 2.20 bits per heavy atom. The van der Waals surface area contributed by atoms with Crippen LogP contribution in [-0.2, 0) is 9.53 Å². The third-order valence-electron chi connectivity index (χ3n) is 2.14. The smallest absolute Gasteiger partial charge is 0.333 e. The highest BCUT2D eigenvalue weighted by atomic mass is 16.5. The van der Waals surface area contributed by atoms with Gasteiger partial charge in [-0.2, -0.15) is 0 Å². The molecule has 0 rings (SSSR count). The minimum Gasteiger partial charge on any atom is -0.463 e. The zero-order valence-electron chi connectivity index (χ0n) is 9.75. The Hall–Kier alpha value is -1.09. The lowest BCUT2D eigenvalue weighted by atomic mass is 10.00. The van der Waals surface area contributed by atoms with E-state index >= 15 is 0 Å². The number of rotatable bonds is 6. The van der Waals surface area contributed by atoms with Crippen LogP contribution in [0.5, 0.6) is 0 Å². The van der Waals surface area contributed by atoms with Gasteiger partial charge in [-0.05, 0) is 33.6 Å². The third-order valence-corrected chi connectivity index (χ3v) is 2.14. The quantitative estimate of drug-likeness (QED) is 0.417. The average molecular weight is 212 g/mol. The normalized spacial score (nSPS) is 15.6. The van der Waals surface area contributed by atoms with Gasteiger partial charge in [0, 0.05) is 5.57 Å². The van der Waals surface area contributed by atoms with Crippen LogP contribution >= 0.6 is 0 Å². The molecule has 1 atom stereocenters. The zero-order valence-corrected chi connectivity index (χ0v) is 9.75. The number of hydrogen-bond acceptors (Lipinski definition) is 3. The number of ether oxygens (including phenoxy) is 1. The summed E-state index contributed by atoms with van der Waals surface area (Å²) in [5, 5.41) is 9.61. The molecule has 1 N–H and O–H groups in total. The molecule has 0 amide bonds. The Balaban J connectivity index is 4.06. The Morgan fingerprint density at radius 1 is 1.60 bits per heavy atom. The van der Waals surface area contributed by atoms with Gasteiger partial charge >= 0.3 is 5.97 Å². The molecule has 0 aliphatic heterocycles. The summed E-state index contributed by atoms with van der Waals surface area (Å²) in [6.07, 6.45) is 4.45. The Morgan fingerprint density at radius 3 is 2.67 bits per heavy atom. The summed E-state index contributed by atoms with van der Waals surface area (Å²) in [4.78, 5) is 11.2. The average Bonchev–Trinajstić information content (AvgIpc) is 2.18. The molecular weight excluding hydrogens is 192 g/mol. The largest absolute Gasteiger partial charge is 0.463 e. The molecule has 3 nitrogen and oxygen atoms in total. The lowest BCUT2D eigenvalue weighted by Crippen LogP contribution is -2.19. The first-order chi connectivity index (χ1) is 6.93. The predicted octanol–water partition coefficient (Wildman–Crippen LogP) is 2.21. The van der Waals surface area contributed by atoms with Crippen molar-refractivity contribution in [1.29, 1.82) is 0 Å². The molecule has 3 heteroatoms. The minimum absolute atomic E-state index is 0.296. The van der Waals surface area contributed by atoms with Crippen molar-refractivity contribution >= 4 is 5.97 Å². The first-order valence-electron chi connectivity index (χ1n) is 5.13. The van der Waals surface area contributed by atoms with Gasteiger partial charge in [0.1, 0.15) is 0 Å². The zero-order chi connectivity index (χ0) is 11.9. The number of aliphatic hydroxyl groups is 1. The molecule has 0 fully saturated rings. The second kappa shape index (κ2) is 6.40. The van der Waals surface area contributed by atoms with Crippen LogP contribution in [0.1, 0.15) is 33.6 Å². The lowest BCUT2D eigenvalue weighted by Gasteiger charge is -2.16. The van der Waals surface area contributed by atoms with Gasteiger partial charge in [0.15, 0.2) is 0 Å². The van der Waals surface area contributed by atoms with Crippen molar-refractivity contribution in [2.24, 2.45) is 0 Å². The molecule has 0 aromatic rings. The molecule has 0 saturated heterocycles. The third kappa shape index (κ3) is 6.07. The maximum Gasteiger partial charge on any atom is 0.333 e.